The lowest BCUT2D eigenvalue weighted by Gasteiger charge is -2.28. The minimum Gasteiger partial charge on any atom is -0.397 e. The third-order valence-electron chi connectivity index (χ3n) is 3.62. The average Bonchev–Trinajstić information content (AvgIpc) is 2.33. The molecule has 0 unspecified atom stereocenters. The van der Waals surface area contributed by atoms with E-state index in [-0.39, 0.29) is 5.92 Å². The van der Waals surface area contributed by atoms with Crippen LogP contribution in [0.25, 0.3) is 0 Å². The molecule has 3 N–H and O–H groups in total. The maximum Gasteiger partial charge on any atom is 0.132 e. The summed E-state index contributed by atoms with van der Waals surface area (Å²) in [5, 5.41) is 3.47. The summed E-state index contributed by atoms with van der Waals surface area (Å²) < 4.78 is 0. The van der Waals surface area contributed by atoms with Gasteiger partial charge >= 0.3 is 0 Å². The third kappa shape index (κ3) is 2.99. The smallest absolute Gasteiger partial charge is 0.132 e. The molecule has 0 spiro atoms. The average molecular weight is 232 g/mol. The maximum atomic E-state index is 11.3. The fraction of sp³-hybridized carbons (Fsp3) is 0.500. The van der Waals surface area contributed by atoms with Gasteiger partial charge in [-0.1, -0.05) is 12.1 Å². The first-order valence-electron chi connectivity index (χ1n) is 6.28. The van der Waals surface area contributed by atoms with Gasteiger partial charge < -0.3 is 11.1 Å². The van der Waals surface area contributed by atoms with Gasteiger partial charge in [-0.2, -0.15) is 0 Å². The number of carbonyl (C=O) groups excluding carboxylic acids is 1. The van der Waals surface area contributed by atoms with Crippen LogP contribution in [0.2, 0.25) is 0 Å². The Bertz CT molecular complexity index is 395. The number of ketones is 1. The zero-order valence-electron chi connectivity index (χ0n) is 10.3. The number of carbonyl (C=O) groups is 1. The predicted octanol–water partition coefficient (Wildman–Crippen LogP) is 2.83. The zero-order chi connectivity index (χ0) is 12.3. The van der Waals surface area contributed by atoms with Crippen LogP contribution in [0.3, 0.4) is 0 Å². The second-order valence-electron chi connectivity index (χ2n) is 4.89. The quantitative estimate of drug-likeness (QED) is 0.788. The first-order chi connectivity index (χ1) is 8.16. The van der Waals surface area contributed by atoms with Gasteiger partial charge in [-0.3, -0.25) is 4.79 Å². The molecule has 3 heteroatoms. The largest absolute Gasteiger partial charge is 0.397 e. The molecular weight excluding hydrogens is 212 g/mol. The summed E-state index contributed by atoms with van der Waals surface area (Å²) >= 11 is 0. The Morgan fingerprint density at radius 2 is 1.88 bits per heavy atom. The Morgan fingerprint density at radius 3 is 2.47 bits per heavy atom. The number of nitrogens with one attached hydrogen (secondary N) is 1. The molecule has 1 aromatic rings. The highest BCUT2D eigenvalue weighted by molar-refractivity contribution is 5.78. The van der Waals surface area contributed by atoms with E-state index in [0.717, 1.165) is 37.1 Å². The van der Waals surface area contributed by atoms with Gasteiger partial charge in [0, 0.05) is 12.0 Å². The van der Waals surface area contributed by atoms with Gasteiger partial charge in [0.2, 0.25) is 0 Å². The van der Waals surface area contributed by atoms with Gasteiger partial charge in [-0.05, 0) is 44.7 Å². The van der Waals surface area contributed by atoms with Gasteiger partial charge in [-0.25, -0.2) is 0 Å². The molecule has 0 heterocycles. The summed E-state index contributed by atoms with van der Waals surface area (Å²) in [5.74, 6) is 0.615. The molecule has 17 heavy (non-hydrogen) atoms. The molecule has 1 saturated carbocycles. The first-order valence-corrected chi connectivity index (χ1v) is 6.28. The maximum absolute atomic E-state index is 11.3. The second-order valence-corrected chi connectivity index (χ2v) is 4.89. The van der Waals surface area contributed by atoms with E-state index < -0.39 is 0 Å². The number of benzene rings is 1. The molecule has 0 atom stereocenters. The van der Waals surface area contributed by atoms with Gasteiger partial charge in [-0.15, -0.1) is 0 Å². The van der Waals surface area contributed by atoms with E-state index >= 15 is 0 Å². The number of anilines is 2. The molecule has 0 bridgehead atoms. The van der Waals surface area contributed by atoms with Gasteiger partial charge in [0.25, 0.3) is 0 Å². The van der Waals surface area contributed by atoms with E-state index in [1.807, 2.05) is 24.3 Å². The Hall–Kier alpha value is -1.51. The standard InChI is InChI=1S/C14H20N2O/c1-10(17)11-6-8-12(9-7-11)16-14-5-3-2-4-13(14)15/h2-5,11-12,16H,6-9,15H2,1H3. The molecule has 92 valence electrons. The highest BCUT2D eigenvalue weighted by atomic mass is 16.1. The van der Waals surface area contributed by atoms with Crippen LogP contribution in [0.5, 0.6) is 0 Å². The monoisotopic (exact) mass is 232 g/mol. The molecule has 0 saturated heterocycles. The Morgan fingerprint density at radius 1 is 1.24 bits per heavy atom. The fourth-order valence-corrected chi connectivity index (χ4v) is 2.49. The molecule has 1 aromatic carbocycles. The van der Waals surface area contributed by atoms with Crippen molar-refractivity contribution in [3.05, 3.63) is 24.3 Å². The first kappa shape index (κ1) is 12.0. The van der Waals surface area contributed by atoms with Crippen molar-refractivity contribution in [2.24, 2.45) is 5.92 Å². The molecule has 0 amide bonds. The summed E-state index contributed by atoms with van der Waals surface area (Å²) in [5.41, 5.74) is 7.70. The summed E-state index contributed by atoms with van der Waals surface area (Å²) in [6, 6.07) is 8.29. The van der Waals surface area contributed by atoms with Crippen molar-refractivity contribution < 1.29 is 4.79 Å². The highest BCUT2D eigenvalue weighted by Gasteiger charge is 2.23. The van der Waals surface area contributed by atoms with Crippen molar-refractivity contribution in [3.63, 3.8) is 0 Å². The van der Waals surface area contributed by atoms with Crippen molar-refractivity contribution >= 4 is 17.2 Å². The Balaban J connectivity index is 1.90. The lowest BCUT2D eigenvalue weighted by atomic mass is 9.84. The van der Waals surface area contributed by atoms with Crippen molar-refractivity contribution in [1.29, 1.82) is 0 Å². The van der Waals surface area contributed by atoms with Gasteiger partial charge in [0.15, 0.2) is 0 Å². The van der Waals surface area contributed by atoms with Crippen LogP contribution in [0.4, 0.5) is 11.4 Å². The number of rotatable bonds is 3. The Kier molecular flexibility index (Phi) is 3.67. The number of Topliss-reactive ketones (excluding diaryl/α,β-unsaturated/α-hetero) is 1. The molecule has 0 aromatic heterocycles. The van der Waals surface area contributed by atoms with Crippen molar-refractivity contribution in [2.45, 2.75) is 38.6 Å². The molecular formula is C14H20N2O. The van der Waals surface area contributed by atoms with E-state index in [2.05, 4.69) is 5.32 Å². The molecule has 0 aliphatic heterocycles. The minimum absolute atomic E-state index is 0.279. The number of hydrogen-bond acceptors (Lipinski definition) is 3. The molecule has 0 radical (unpaired) electrons. The van der Waals surface area contributed by atoms with E-state index in [4.69, 9.17) is 5.73 Å². The highest BCUT2D eigenvalue weighted by Crippen LogP contribution is 2.28. The van der Waals surface area contributed by atoms with E-state index in [9.17, 15) is 4.79 Å². The number of para-hydroxylation sites is 2. The van der Waals surface area contributed by atoms with Crippen LogP contribution < -0.4 is 11.1 Å². The topological polar surface area (TPSA) is 55.1 Å². The predicted molar refractivity (Wildman–Crippen MR) is 70.9 cm³/mol. The van der Waals surface area contributed by atoms with E-state index in [1.165, 1.54) is 0 Å². The fourth-order valence-electron chi connectivity index (χ4n) is 2.49. The lowest BCUT2D eigenvalue weighted by molar-refractivity contribution is -0.121. The second kappa shape index (κ2) is 5.21. The van der Waals surface area contributed by atoms with Crippen molar-refractivity contribution in [1.82, 2.24) is 0 Å². The SMILES string of the molecule is CC(=O)C1CCC(Nc2ccccc2N)CC1. The lowest BCUT2D eigenvalue weighted by Crippen LogP contribution is -2.28. The van der Waals surface area contributed by atoms with E-state index in [1.54, 1.807) is 6.92 Å². The van der Waals surface area contributed by atoms with Crippen molar-refractivity contribution in [2.75, 3.05) is 11.1 Å². The van der Waals surface area contributed by atoms with Crippen molar-refractivity contribution in [3.8, 4) is 0 Å². The van der Waals surface area contributed by atoms with Crippen LogP contribution in [0, 0.1) is 5.92 Å². The van der Waals surface area contributed by atoms with Crippen LogP contribution in [-0.4, -0.2) is 11.8 Å². The molecule has 1 aliphatic carbocycles. The van der Waals surface area contributed by atoms with Crippen LogP contribution in [-0.2, 0) is 4.79 Å². The molecule has 1 aliphatic rings. The summed E-state index contributed by atoms with van der Waals surface area (Å²) in [4.78, 5) is 11.3. The zero-order valence-corrected chi connectivity index (χ0v) is 10.3. The number of hydrogen-bond donors (Lipinski definition) is 2. The van der Waals surface area contributed by atoms with Gasteiger partial charge in [0.1, 0.15) is 5.78 Å². The Labute approximate surface area is 102 Å². The molecule has 3 nitrogen and oxygen atoms in total. The third-order valence-corrected chi connectivity index (χ3v) is 3.62. The van der Waals surface area contributed by atoms with Crippen LogP contribution in [0.15, 0.2) is 24.3 Å². The van der Waals surface area contributed by atoms with Crippen LogP contribution >= 0.6 is 0 Å². The summed E-state index contributed by atoms with van der Waals surface area (Å²) in [6.45, 7) is 1.70. The minimum atomic E-state index is 0.279. The normalized spacial score (nSPS) is 24.3. The number of nitrogen functional groups attached to an aromatic ring is 1. The summed E-state index contributed by atoms with van der Waals surface area (Å²) in [7, 11) is 0. The van der Waals surface area contributed by atoms with Gasteiger partial charge in [0.05, 0.1) is 11.4 Å². The molecule has 2 rings (SSSR count). The van der Waals surface area contributed by atoms with E-state index in [0.29, 0.717) is 11.8 Å². The summed E-state index contributed by atoms with van der Waals surface area (Å²) in [6.07, 6.45) is 4.11. The van der Waals surface area contributed by atoms with Crippen LogP contribution in [0.1, 0.15) is 32.6 Å². The molecule has 1 fully saturated rings. The number of nitrogens with two attached hydrogens (primary N) is 1.